The number of halogens is 1. The normalized spacial score (nSPS) is 14.7. The number of hydrogen-bond acceptors (Lipinski definition) is 1. The van der Waals surface area contributed by atoms with Crippen molar-refractivity contribution in [1.82, 2.24) is 4.90 Å². The topological polar surface area (TPSA) is 3.24 Å². The second kappa shape index (κ2) is 4.32. The van der Waals surface area contributed by atoms with E-state index in [-0.39, 0.29) is 0 Å². The maximum atomic E-state index is 6.99. The van der Waals surface area contributed by atoms with E-state index in [2.05, 4.69) is 24.3 Å². The van der Waals surface area contributed by atoms with Gasteiger partial charge >= 0.3 is 0 Å². The van der Waals surface area contributed by atoms with Gasteiger partial charge in [-0.3, -0.25) is 0 Å². The van der Waals surface area contributed by atoms with Crippen LogP contribution in [0.3, 0.4) is 0 Å². The molecule has 0 heterocycles. The van der Waals surface area contributed by atoms with E-state index in [1.807, 2.05) is 43.3 Å². The first-order chi connectivity index (χ1) is 9.06. The number of likely N-dealkylation sites (N-methyl/N-ethyl adjacent to an activating group) is 1. The first-order valence-corrected chi connectivity index (χ1v) is 6.95. The molecule has 0 atom stereocenters. The number of benzene rings is 2. The van der Waals surface area contributed by atoms with Crippen molar-refractivity contribution in [3.63, 3.8) is 0 Å². The molecule has 0 bridgehead atoms. The zero-order valence-corrected chi connectivity index (χ0v) is 12.4. The first kappa shape index (κ1) is 12.6. The molecule has 3 heteroatoms. The molecule has 0 N–H and O–H groups in total. The molecule has 2 aromatic carbocycles. The van der Waals surface area contributed by atoms with E-state index < -0.39 is 4.87 Å². The van der Waals surface area contributed by atoms with Crippen LogP contribution in [-0.4, -0.2) is 24.0 Å². The highest BCUT2D eigenvalue weighted by Gasteiger charge is 2.45. The molecule has 1 aliphatic rings. The molecule has 0 amide bonds. The average Bonchev–Trinajstić information content (AvgIpc) is 2.70. The predicted molar refractivity (Wildman–Crippen MR) is 84.8 cm³/mol. The van der Waals surface area contributed by atoms with Crippen LogP contribution < -0.4 is 0 Å². The smallest absolute Gasteiger partial charge is 0.146 e. The molecular weight excluding hydrogens is 274 g/mol. The van der Waals surface area contributed by atoms with Crippen LogP contribution in [0, 0.1) is 0 Å². The van der Waals surface area contributed by atoms with Gasteiger partial charge in [-0.15, -0.1) is 11.6 Å². The van der Waals surface area contributed by atoms with Crippen molar-refractivity contribution < 1.29 is 0 Å². The molecule has 0 aliphatic heterocycles. The van der Waals surface area contributed by atoms with E-state index in [9.17, 15) is 0 Å². The number of nitrogens with zero attached hydrogens (tertiary/aromatic N) is 1. The lowest BCUT2D eigenvalue weighted by molar-refractivity contribution is 0.606. The lowest BCUT2D eigenvalue weighted by Crippen LogP contribution is -2.37. The van der Waals surface area contributed by atoms with Gasteiger partial charge in [0.05, 0.1) is 0 Å². The second-order valence-electron chi connectivity index (χ2n) is 4.95. The highest BCUT2D eigenvalue weighted by atomic mass is 35.5. The van der Waals surface area contributed by atoms with E-state index in [1.165, 1.54) is 11.1 Å². The van der Waals surface area contributed by atoms with E-state index in [1.54, 1.807) is 0 Å². The molecule has 19 heavy (non-hydrogen) atoms. The molecule has 0 unspecified atom stereocenters. The molecule has 0 spiro atoms. The summed E-state index contributed by atoms with van der Waals surface area (Å²) >= 11 is 12.6. The van der Waals surface area contributed by atoms with Gasteiger partial charge in [0, 0.05) is 14.1 Å². The minimum absolute atomic E-state index is 0.728. The van der Waals surface area contributed by atoms with Crippen molar-refractivity contribution in [3.05, 3.63) is 59.7 Å². The lowest BCUT2D eigenvalue weighted by atomic mass is 9.95. The average molecular weight is 288 g/mol. The number of hydrogen-bond donors (Lipinski definition) is 0. The number of alkyl halides is 1. The summed E-state index contributed by atoms with van der Waals surface area (Å²) < 4.78 is 0. The molecular formula is C16H14ClNS. The van der Waals surface area contributed by atoms with Crippen LogP contribution in [0.15, 0.2) is 48.5 Å². The summed E-state index contributed by atoms with van der Waals surface area (Å²) in [6.07, 6.45) is 0. The maximum Gasteiger partial charge on any atom is 0.146 e. The third-order valence-corrected chi connectivity index (χ3v) is 4.96. The lowest BCUT2D eigenvalue weighted by Gasteiger charge is -2.30. The van der Waals surface area contributed by atoms with Crippen LogP contribution in [0.2, 0.25) is 0 Å². The van der Waals surface area contributed by atoms with Crippen molar-refractivity contribution in [2.24, 2.45) is 0 Å². The molecule has 3 rings (SSSR count). The van der Waals surface area contributed by atoms with Gasteiger partial charge in [-0.1, -0.05) is 60.7 Å². The monoisotopic (exact) mass is 287 g/mol. The van der Waals surface area contributed by atoms with Crippen molar-refractivity contribution in [2.75, 3.05) is 14.1 Å². The quantitative estimate of drug-likeness (QED) is 0.575. The highest BCUT2D eigenvalue weighted by Crippen LogP contribution is 2.52. The van der Waals surface area contributed by atoms with E-state index >= 15 is 0 Å². The summed E-state index contributed by atoms with van der Waals surface area (Å²) in [5.74, 6) is 0. The fourth-order valence-corrected chi connectivity index (χ4v) is 3.44. The molecule has 1 aliphatic carbocycles. The first-order valence-electron chi connectivity index (χ1n) is 6.17. The summed E-state index contributed by atoms with van der Waals surface area (Å²) in [6.45, 7) is 0. The van der Waals surface area contributed by atoms with Crippen LogP contribution in [0.1, 0.15) is 11.1 Å². The summed E-state index contributed by atoms with van der Waals surface area (Å²) in [7, 11) is 3.88. The van der Waals surface area contributed by atoms with Crippen LogP contribution in [0.25, 0.3) is 11.1 Å². The van der Waals surface area contributed by atoms with Crippen molar-refractivity contribution >= 4 is 28.8 Å². The standard InChI is InChI=1S/C16H14ClNS/c1-18(2)15(19)16(17)13-9-5-3-7-11(13)12-8-4-6-10-14(12)16/h3-10H,1-2H3. The summed E-state index contributed by atoms with van der Waals surface area (Å²) in [5.41, 5.74) is 4.52. The SMILES string of the molecule is CN(C)C(=S)C1(Cl)c2ccccc2-c2ccccc21. The summed E-state index contributed by atoms with van der Waals surface area (Å²) in [6, 6.07) is 16.5. The number of thiocarbonyl (C=S) groups is 1. The van der Waals surface area contributed by atoms with Gasteiger partial charge < -0.3 is 4.90 Å². The van der Waals surface area contributed by atoms with Crippen LogP contribution >= 0.6 is 23.8 Å². The molecule has 0 fully saturated rings. The summed E-state index contributed by atoms with van der Waals surface area (Å²) in [5, 5.41) is 0. The van der Waals surface area contributed by atoms with Crippen molar-refractivity contribution in [3.8, 4) is 11.1 Å². The minimum Gasteiger partial charge on any atom is -0.370 e. The third-order valence-electron chi connectivity index (χ3n) is 3.59. The fourth-order valence-electron chi connectivity index (χ4n) is 2.72. The Morgan fingerprint density at radius 1 is 0.947 bits per heavy atom. The zero-order chi connectivity index (χ0) is 13.6. The van der Waals surface area contributed by atoms with Gasteiger partial charge in [-0.25, -0.2) is 0 Å². The molecule has 96 valence electrons. The molecule has 0 aromatic heterocycles. The Bertz CT molecular complexity index is 618. The van der Waals surface area contributed by atoms with Crippen LogP contribution in [0.4, 0.5) is 0 Å². The van der Waals surface area contributed by atoms with Gasteiger partial charge in [0.2, 0.25) is 0 Å². The van der Waals surface area contributed by atoms with Crippen molar-refractivity contribution in [1.29, 1.82) is 0 Å². The van der Waals surface area contributed by atoms with Gasteiger partial charge in [-0.2, -0.15) is 0 Å². The highest BCUT2D eigenvalue weighted by molar-refractivity contribution is 7.80. The van der Waals surface area contributed by atoms with Gasteiger partial charge in [0.25, 0.3) is 0 Å². The minimum atomic E-state index is -0.730. The van der Waals surface area contributed by atoms with Crippen molar-refractivity contribution in [2.45, 2.75) is 4.87 Å². The Kier molecular flexibility index (Phi) is 2.88. The molecule has 0 radical (unpaired) electrons. The van der Waals surface area contributed by atoms with Gasteiger partial charge in [0.15, 0.2) is 0 Å². The number of rotatable bonds is 1. The largest absolute Gasteiger partial charge is 0.370 e. The molecule has 0 saturated heterocycles. The second-order valence-corrected chi connectivity index (χ2v) is 5.90. The Morgan fingerprint density at radius 3 is 1.79 bits per heavy atom. The van der Waals surface area contributed by atoms with Gasteiger partial charge in [0.1, 0.15) is 9.86 Å². The summed E-state index contributed by atoms with van der Waals surface area (Å²) in [4.78, 5) is 1.92. The predicted octanol–water partition coefficient (Wildman–Crippen LogP) is 4.04. The Labute approximate surface area is 123 Å². The molecule has 2 aromatic rings. The van der Waals surface area contributed by atoms with Gasteiger partial charge in [-0.05, 0) is 22.3 Å². The Balaban J connectivity index is 2.34. The molecule has 1 nitrogen and oxygen atoms in total. The fraction of sp³-hybridized carbons (Fsp3) is 0.188. The van der Waals surface area contributed by atoms with E-state index in [0.717, 1.165) is 16.1 Å². The third kappa shape index (κ3) is 1.63. The van der Waals surface area contributed by atoms with E-state index in [4.69, 9.17) is 23.8 Å². The zero-order valence-electron chi connectivity index (χ0n) is 10.9. The Morgan fingerprint density at radius 2 is 1.37 bits per heavy atom. The van der Waals surface area contributed by atoms with E-state index in [0.29, 0.717) is 0 Å². The Hall–Kier alpha value is -1.38. The number of fused-ring (bicyclic) bond motifs is 3. The molecule has 0 saturated carbocycles. The van der Waals surface area contributed by atoms with Crippen LogP contribution in [0.5, 0.6) is 0 Å². The van der Waals surface area contributed by atoms with Crippen LogP contribution in [-0.2, 0) is 4.87 Å². The maximum absolute atomic E-state index is 6.99.